The van der Waals surface area contributed by atoms with E-state index in [1.54, 1.807) is 0 Å². The van der Waals surface area contributed by atoms with E-state index in [0.29, 0.717) is 5.41 Å². The zero-order valence-corrected chi connectivity index (χ0v) is 10.7. The van der Waals surface area contributed by atoms with Gasteiger partial charge in [0, 0.05) is 12.1 Å². The van der Waals surface area contributed by atoms with Gasteiger partial charge in [-0.25, -0.2) is 0 Å². The monoisotopic (exact) mass is 209 g/mol. The summed E-state index contributed by atoms with van der Waals surface area (Å²) in [7, 11) is 0. The fraction of sp³-hybridized carbons (Fsp3) is 1.00. The third kappa shape index (κ3) is 3.48. The fourth-order valence-electron chi connectivity index (χ4n) is 3.02. The van der Waals surface area contributed by atoms with Crippen LogP contribution in [-0.4, -0.2) is 12.1 Å². The van der Waals surface area contributed by atoms with Gasteiger partial charge in [-0.05, 0) is 43.4 Å². The summed E-state index contributed by atoms with van der Waals surface area (Å²) in [4.78, 5) is 0. The maximum Gasteiger partial charge on any atom is 0.00749 e. The highest BCUT2D eigenvalue weighted by Gasteiger charge is 2.32. The van der Waals surface area contributed by atoms with Crippen molar-refractivity contribution in [2.45, 2.75) is 77.8 Å². The van der Waals surface area contributed by atoms with Crippen LogP contribution >= 0.6 is 0 Å². The van der Waals surface area contributed by atoms with Gasteiger partial charge in [0.15, 0.2) is 0 Å². The number of rotatable bonds is 5. The molecular weight excluding hydrogens is 182 g/mol. The maximum absolute atomic E-state index is 3.89. The van der Waals surface area contributed by atoms with Crippen molar-refractivity contribution in [2.75, 3.05) is 0 Å². The Morgan fingerprint density at radius 3 is 2.47 bits per heavy atom. The number of hydrogen-bond acceptors (Lipinski definition) is 1. The lowest BCUT2D eigenvalue weighted by atomic mass is 9.91. The lowest BCUT2D eigenvalue weighted by Crippen LogP contribution is -2.37. The second kappa shape index (κ2) is 4.45. The second-order valence-electron chi connectivity index (χ2n) is 6.55. The van der Waals surface area contributed by atoms with Crippen LogP contribution in [0.3, 0.4) is 0 Å². The minimum absolute atomic E-state index is 0.593. The molecule has 1 heteroatoms. The third-order valence-electron chi connectivity index (χ3n) is 4.25. The van der Waals surface area contributed by atoms with Crippen molar-refractivity contribution in [3.05, 3.63) is 0 Å². The van der Waals surface area contributed by atoms with Gasteiger partial charge >= 0.3 is 0 Å². The molecule has 0 aromatic heterocycles. The summed E-state index contributed by atoms with van der Waals surface area (Å²) in [5.74, 6) is 1.07. The molecule has 2 unspecified atom stereocenters. The standard InChI is InChI=1S/C14H27N/c1-4-12(9-11-5-6-11)15-13-7-8-14(2,3)10-13/h11-13,15H,4-10H2,1-3H3. The van der Waals surface area contributed by atoms with Crippen molar-refractivity contribution < 1.29 is 0 Å². The van der Waals surface area contributed by atoms with E-state index in [1.165, 1.54) is 44.9 Å². The molecule has 88 valence electrons. The molecule has 0 aliphatic heterocycles. The summed E-state index contributed by atoms with van der Waals surface area (Å²) >= 11 is 0. The molecule has 2 aliphatic carbocycles. The number of nitrogens with one attached hydrogen (secondary N) is 1. The summed E-state index contributed by atoms with van der Waals surface area (Å²) < 4.78 is 0. The fourth-order valence-corrected chi connectivity index (χ4v) is 3.02. The van der Waals surface area contributed by atoms with Gasteiger partial charge in [-0.15, -0.1) is 0 Å². The highest BCUT2D eigenvalue weighted by Crippen LogP contribution is 2.38. The molecule has 15 heavy (non-hydrogen) atoms. The molecule has 2 fully saturated rings. The molecule has 0 aromatic carbocycles. The Kier molecular flexibility index (Phi) is 3.39. The Hall–Kier alpha value is -0.0400. The van der Waals surface area contributed by atoms with E-state index in [2.05, 4.69) is 26.1 Å². The molecule has 0 heterocycles. The van der Waals surface area contributed by atoms with Crippen LogP contribution in [0.25, 0.3) is 0 Å². The van der Waals surface area contributed by atoms with Crippen molar-refractivity contribution in [3.63, 3.8) is 0 Å². The van der Waals surface area contributed by atoms with Gasteiger partial charge in [0.2, 0.25) is 0 Å². The van der Waals surface area contributed by atoms with E-state index in [-0.39, 0.29) is 0 Å². The molecule has 2 atom stereocenters. The first-order valence-corrected chi connectivity index (χ1v) is 6.85. The quantitative estimate of drug-likeness (QED) is 0.727. The normalized spacial score (nSPS) is 31.8. The average molecular weight is 209 g/mol. The summed E-state index contributed by atoms with van der Waals surface area (Å²) in [6.07, 6.45) is 9.93. The van der Waals surface area contributed by atoms with Crippen molar-refractivity contribution in [1.29, 1.82) is 0 Å². The van der Waals surface area contributed by atoms with Crippen molar-refractivity contribution in [1.82, 2.24) is 5.32 Å². The lowest BCUT2D eigenvalue weighted by Gasteiger charge is -2.23. The molecule has 0 aromatic rings. The Balaban J connectivity index is 1.74. The summed E-state index contributed by atoms with van der Waals surface area (Å²) in [5.41, 5.74) is 0.593. The molecular formula is C14H27N. The van der Waals surface area contributed by atoms with Crippen LogP contribution in [0.5, 0.6) is 0 Å². The van der Waals surface area contributed by atoms with Crippen molar-refractivity contribution >= 4 is 0 Å². The first kappa shape index (κ1) is 11.4. The molecule has 0 spiro atoms. The largest absolute Gasteiger partial charge is 0.311 e. The van der Waals surface area contributed by atoms with Gasteiger partial charge in [-0.1, -0.05) is 33.6 Å². The zero-order valence-electron chi connectivity index (χ0n) is 10.7. The predicted molar refractivity (Wildman–Crippen MR) is 66.0 cm³/mol. The van der Waals surface area contributed by atoms with Crippen molar-refractivity contribution in [3.8, 4) is 0 Å². The molecule has 2 aliphatic rings. The molecule has 0 radical (unpaired) electrons. The topological polar surface area (TPSA) is 12.0 Å². The van der Waals surface area contributed by atoms with E-state index < -0.39 is 0 Å². The van der Waals surface area contributed by atoms with Gasteiger partial charge in [-0.3, -0.25) is 0 Å². The molecule has 0 bridgehead atoms. The summed E-state index contributed by atoms with van der Waals surface area (Å²) in [5, 5.41) is 3.89. The number of hydrogen-bond donors (Lipinski definition) is 1. The molecule has 0 saturated heterocycles. The summed E-state index contributed by atoms with van der Waals surface area (Å²) in [6, 6.07) is 1.61. The minimum Gasteiger partial charge on any atom is -0.311 e. The van der Waals surface area contributed by atoms with Crippen LogP contribution in [0.2, 0.25) is 0 Å². The van der Waals surface area contributed by atoms with Gasteiger partial charge in [-0.2, -0.15) is 0 Å². The van der Waals surface area contributed by atoms with E-state index in [0.717, 1.165) is 18.0 Å². The van der Waals surface area contributed by atoms with Crippen LogP contribution in [0.1, 0.15) is 65.7 Å². The van der Waals surface area contributed by atoms with Crippen LogP contribution in [0.4, 0.5) is 0 Å². The van der Waals surface area contributed by atoms with E-state index in [4.69, 9.17) is 0 Å². The van der Waals surface area contributed by atoms with Crippen LogP contribution in [-0.2, 0) is 0 Å². The van der Waals surface area contributed by atoms with Gasteiger partial charge in [0.1, 0.15) is 0 Å². The van der Waals surface area contributed by atoms with Crippen LogP contribution in [0, 0.1) is 11.3 Å². The molecule has 1 nitrogen and oxygen atoms in total. The van der Waals surface area contributed by atoms with Crippen molar-refractivity contribution in [2.24, 2.45) is 11.3 Å². The van der Waals surface area contributed by atoms with E-state index in [9.17, 15) is 0 Å². The predicted octanol–water partition coefficient (Wildman–Crippen LogP) is 3.73. The van der Waals surface area contributed by atoms with Gasteiger partial charge in [0.25, 0.3) is 0 Å². The summed E-state index contributed by atoms with van der Waals surface area (Å²) in [6.45, 7) is 7.16. The maximum atomic E-state index is 3.89. The Morgan fingerprint density at radius 2 is 2.00 bits per heavy atom. The lowest BCUT2D eigenvalue weighted by molar-refractivity contribution is 0.339. The molecule has 0 amide bonds. The van der Waals surface area contributed by atoms with Gasteiger partial charge < -0.3 is 5.32 Å². The Bertz CT molecular complexity index is 205. The first-order chi connectivity index (χ1) is 7.09. The average Bonchev–Trinajstić information content (AvgIpc) is 2.91. The highest BCUT2D eigenvalue weighted by molar-refractivity contribution is 4.89. The third-order valence-corrected chi connectivity index (χ3v) is 4.25. The first-order valence-electron chi connectivity index (χ1n) is 6.85. The highest BCUT2D eigenvalue weighted by atomic mass is 15.0. The van der Waals surface area contributed by atoms with Crippen LogP contribution in [0.15, 0.2) is 0 Å². The molecule has 1 N–H and O–H groups in total. The Labute approximate surface area is 95.0 Å². The SMILES string of the molecule is CCC(CC1CC1)NC1CCC(C)(C)C1. The van der Waals surface area contributed by atoms with Crippen LogP contribution < -0.4 is 5.32 Å². The smallest absolute Gasteiger partial charge is 0.00749 e. The van der Waals surface area contributed by atoms with Gasteiger partial charge in [0.05, 0.1) is 0 Å². The second-order valence-corrected chi connectivity index (χ2v) is 6.55. The Morgan fingerprint density at radius 1 is 1.27 bits per heavy atom. The molecule has 2 saturated carbocycles. The van der Waals surface area contributed by atoms with E-state index in [1.807, 2.05) is 0 Å². The minimum atomic E-state index is 0.593. The van der Waals surface area contributed by atoms with E-state index >= 15 is 0 Å². The molecule has 2 rings (SSSR count). The zero-order chi connectivity index (χ0) is 10.9.